The van der Waals surface area contributed by atoms with Crippen LogP contribution in [0.4, 0.5) is 0 Å². The molecule has 3 aromatic rings. The van der Waals surface area contributed by atoms with Crippen molar-refractivity contribution < 1.29 is 9.47 Å². The van der Waals surface area contributed by atoms with Gasteiger partial charge in [0.05, 0.1) is 17.8 Å². The summed E-state index contributed by atoms with van der Waals surface area (Å²) in [6.45, 7) is 0.251. The molecule has 0 aliphatic carbocycles. The Morgan fingerprint density at radius 1 is 1.28 bits per heavy atom. The fourth-order valence-electron chi connectivity index (χ4n) is 2.09. The Bertz CT molecular complexity index is 937. The van der Waals surface area contributed by atoms with E-state index in [1.54, 1.807) is 13.3 Å². The highest BCUT2D eigenvalue weighted by molar-refractivity contribution is 9.10. The lowest BCUT2D eigenvalue weighted by Crippen LogP contribution is -2.04. The number of para-hydroxylation sites is 1. The normalized spacial score (nSPS) is 11.0. The molecule has 0 bridgehead atoms. The maximum absolute atomic E-state index is 5.70. The Morgan fingerprint density at radius 3 is 2.80 bits per heavy atom. The summed E-state index contributed by atoms with van der Waals surface area (Å²) in [5.74, 6) is 2.10. The van der Waals surface area contributed by atoms with Crippen molar-refractivity contribution in [3.8, 4) is 11.5 Å². The van der Waals surface area contributed by atoms with Gasteiger partial charge in [-0.25, -0.2) is 5.10 Å². The molecule has 128 valence electrons. The van der Waals surface area contributed by atoms with E-state index >= 15 is 0 Å². The van der Waals surface area contributed by atoms with Gasteiger partial charge in [-0.3, -0.25) is 0 Å². The summed E-state index contributed by atoms with van der Waals surface area (Å²) in [6.07, 6.45) is 1.70. The van der Waals surface area contributed by atoms with Gasteiger partial charge in [0, 0.05) is 0 Å². The number of benzene rings is 2. The van der Waals surface area contributed by atoms with Gasteiger partial charge in [0.2, 0.25) is 4.77 Å². The number of ether oxygens (including phenoxy) is 2. The first kappa shape index (κ1) is 17.4. The molecule has 0 amide bonds. The van der Waals surface area contributed by atoms with Gasteiger partial charge < -0.3 is 9.47 Å². The molecule has 1 N–H and O–H groups in total. The van der Waals surface area contributed by atoms with Crippen LogP contribution in [0.3, 0.4) is 0 Å². The molecule has 1 heterocycles. The number of aromatic amines is 1. The molecule has 1 aromatic heterocycles. The van der Waals surface area contributed by atoms with E-state index in [0.29, 0.717) is 10.6 Å². The van der Waals surface area contributed by atoms with Crippen molar-refractivity contribution in [3.63, 3.8) is 0 Å². The van der Waals surface area contributed by atoms with E-state index in [2.05, 4.69) is 31.2 Å². The Morgan fingerprint density at radius 2 is 2.08 bits per heavy atom. The molecule has 2 aromatic carbocycles. The zero-order valence-electron chi connectivity index (χ0n) is 13.3. The predicted molar refractivity (Wildman–Crippen MR) is 102 cm³/mol. The number of nitrogens with zero attached hydrogens (tertiary/aromatic N) is 3. The molecule has 0 fully saturated rings. The van der Waals surface area contributed by atoms with Crippen molar-refractivity contribution in [2.45, 2.75) is 6.61 Å². The van der Waals surface area contributed by atoms with Crippen molar-refractivity contribution in [2.24, 2.45) is 5.10 Å². The Kier molecular flexibility index (Phi) is 5.62. The lowest BCUT2D eigenvalue weighted by molar-refractivity contribution is 0.290. The van der Waals surface area contributed by atoms with E-state index in [-0.39, 0.29) is 6.61 Å². The lowest BCUT2D eigenvalue weighted by Gasteiger charge is -2.05. The van der Waals surface area contributed by atoms with E-state index < -0.39 is 0 Å². The summed E-state index contributed by atoms with van der Waals surface area (Å²) < 4.78 is 13.7. The second-order valence-electron chi connectivity index (χ2n) is 5.00. The van der Waals surface area contributed by atoms with E-state index in [1.807, 2.05) is 48.5 Å². The smallest absolute Gasteiger partial charge is 0.216 e. The number of halogens is 1. The van der Waals surface area contributed by atoms with E-state index in [1.165, 1.54) is 4.68 Å². The highest BCUT2D eigenvalue weighted by atomic mass is 79.9. The standard InChI is InChI=1S/C17H15BrN4O2S/c1-23-15-8-7-12(9-14(15)18)10-19-22-16(20-21-17(22)25)11-24-13-5-3-2-4-6-13/h2-10H,11H2,1H3,(H,21,25)/b19-10+. The molecule has 8 heteroatoms. The Hall–Kier alpha value is -2.45. The predicted octanol–water partition coefficient (Wildman–Crippen LogP) is 4.17. The minimum absolute atomic E-state index is 0.251. The van der Waals surface area contributed by atoms with Gasteiger partial charge in [-0.1, -0.05) is 18.2 Å². The third kappa shape index (κ3) is 4.34. The Labute approximate surface area is 158 Å². The molecule has 0 spiro atoms. The molecule has 6 nitrogen and oxygen atoms in total. The van der Waals surface area contributed by atoms with Gasteiger partial charge >= 0.3 is 0 Å². The van der Waals surface area contributed by atoms with Crippen LogP contribution in [0.15, 0.2) is 58.1 Å². The maximum Gasteiger partial charge on any atom is 0.216 e. The van der Waals surface area contributed by atoms with Gasteiger partial charge in [0.25, 0.3) is 0 Å². The number of H-pyrrole nitrogens is 1. The molecule has 25 heavy (non-hydrogen) atoms. The first-order chi connectivity index (χ1) is 12.2. The van der Waals surface area contributed by atoms with Crippen LogP contribution >= 0.6 is 28.1 Å². The fourth-order valence-corrected chi connectivity index (χ4v) is 2.85. The number of rotatable bonds is 6. The summed E-state index contributed by atoms with van der Waals surface area (Å²) in [5.41, 5.74) is 0.894. The molecule has 0 saturated carbocycles. The van der Waals surface area contributed by atoms with Crippen LogP contribution in [0, 0.1) is 4.77 Å². The number of methoxy groups -OCH3 is 1. The maximum atomic E-state index is 5.70. The van der Waals surface area contributed by atoms with Crippen LogP contribution in [0.1, 0.15) is 11.4 Å². The van der Waals surface area contributed by atoms with Crippen molar-refractivity contribution in [1.29, 1.82) is 0 Å². The van der Waals surface area contributed by atoms with Crippen LogP contribution in [0.5, 0.6) is 11.5 Å². The van der Waals surface area contributed by atoms with E-state index in [9.17, 15) is 0 Å². The molecular weight excluding hydrogens is 404 g/mol. The summed E-state index contributed by atoms with van der Waals surface area (Å²) >= 11 is 8.68. The summed E-state index contributed by atoms with van der Waals surface area (Å²) in [5, 5.41) is 11.3. The first-order valence-electron chi connectivity index (χ1n) is 7.39. The molecule has 0 unspecified atom stereocenters. The molecule has 0 radical (unpaired) electrons. The van der Waals surface area contributed by atoms with Gasteiger partial charge in [-0.2, -0.15) is 14.9 Å². The lowest BCUT2D eigenvalue weighted by atomic mass is 10.2. The zero-order valence-corrected chi connectivity index (χ0v) is 15.8. The highest BCUT2D eigenvalue weighted by Gasteiger charge is 2.06. The first-order valence-corrected chi connectivity index (χ1v) is 8.59. The van der Waals surface area contributed by atoms with Gasteiger partial charge in [0.1, 0.15) is 18.1 Å². The zero-order chi connectivity index (χ0) is 17.6. The van der Waals surface area contributed by atoms with E-state index in [0.717, 1.165) is 21.5 Å². The average molecular weight is 419 g/mol. The third-order valence-electron chi connectivity index (χ3n) is 3.33. The van der Waals surface area contributed by atoms with Crippen LogP contribution in [-0.4, -0.2) is 28.2 Å². The fraction of sp³-hybridized carbons (Fsp3) is 0.118. The third-order valence-corrected chi connectivity index (χ3v) is 4.21. The quantitative estimate of drug-likeness (QED) is 0.481. The molecule has 0 aliphatic heterocycles. The van der Waals surface area contributed by atoms with Crippen LogP contribution in [0.25, 0.3) is 0 Å². The monoisotopic (exact) mass is 418 g/mol. The molecule has 0 saturated heterocycles. The number of hydrogen-bond acceptors (Lipinski definition) is 5. The van der Waals surface area contributed by atoms with Gasteiger partial charge in [0.15, 0.2) is 5.82 Å². The number of hydrogen-bond donors (Lipinski definition) is 1. The topological polar surface area (TPSA) is 64.4 Å². The van der Waals surface area contributed by atoms with Crippen molar-refractivity contribution >= 4 is 34.4 Å². The van der Waals surface area contributed by atoms with Gasteiger partial charge in [-0.15, -0.1) is 0 Å². The van der Waals surface area contributed by atoms with Crippen LogP contribution < -0.4 is 9.47 Å². The number of aromatic nitrogens is 3. The highest BCUT2D eigenvalue weighted by Crippen LogP contribution is 2.24. The average Bonchev–Trinajstić information content (AvgIpc) is 2.99. The molecule has 0 atom stereocenters. The van der Waals surface area contributed by atoms with E-state index in [4.69, 9.17) is 21.7 Å². The minimum atomic E-state index is 0.251. The molecule has 3 rings (SSSR count). The van der Waals surface area contributed by atoms with Gasteiger partial charge in [-0.05, 0) is 64.0 Å². The van der Waals surface area contributed by atoms with Crippen molar-refractivity contribution in [3.05, 3.63) is 69.2 Å². The molecule has 0 aliphatic rings. The van der Waals surface area contributed by atoms with Crippen LogP contribution in [-0.2, 0) is 6.61 Å². The Balaban J connectivity index is 1.77. The summed E-state index contributed by atoms with van der Waals surface area (Å²) in [7, 11) is 1.62. The van der Waals surface area contributed by atoms with Crippen LogP contribution in [0.2, 0.25) is 0 Å². The largest absolute Gasteiger partial charge is 0.496 e. The number of nitrogens with one attached hydrogen (secondary N) is 1. The summed E-state index contributed by atoms with van der Waals surface area (Å²) in [4.78, 5) is 0. The van der Waals surface area contributed by atoms with Crippen molar-refractivity contribution in [2.75, 3.05) is 7.11 Å². The SMILES string of the molecule is COc1ccc(/C=N/n2c(COc3ccccc3)n[nH]c2=S)cc1Br. The summed E-state index contributed by atoms with van der Waals surface area (Å²) in [6, 6.07) is 15.2. The van der Waals surface area contributed by atoms with Crippen molar-refractivity contribution in [1.82, 2.24) is 14.9 Å². The molecular formula is C17H15BrN4O2S. The minimum Gasteiger partial charge on any atom is -0.496 e. The second-order valence-corrected chi connectivity index (χ2v) is 6.24. The second kappa shape index (κ2) is 8.09.